The summed E-state index contributed by atoms with van der Waals surface area (Å²) in [6.07, 6.45) is 6.86. The Morgan fingerprint density at radius 2 is 2.21 bits per heavy atom. The van der Waals surface area contributed by atoms with Crippen molar-refractivity contribution in [2.24, 2.45) is 0 Å². The minimum absolute atomic E-state index is 0. The van der Waals surface area contributed by atoms with Crippen molar-refractivity contribution in [2.75, 3.05) is 32.8 Å². The van der Waals surface area contributed by atoms with E-state index in [9.17, 15) is 4.79 Å². The number of hydrogen-bond acceptors (Lipinski definition) is 5. The molecule has 0 saturated carbocycles. The third-order valence-electron chi connectivity index (χ3n) is 6.27. The fraction of sp³-hybridized carbons (Fsp3) is 0.600. The Labute approximate surface area is 175 Å². The highest BCUT2D eigenvalue weighted by atomic mass is 35.5. The maximum Gasteiger partial charge on any atom is 0.263 e. The average molecular weight is 423 g/mol. The predicted molar refractivity (Wildman–Crippen MR) is 111 cm³/mol. The molecule has 0 aromatic carbocycles. The van der Waals surface area contributed by atoms with Crippen LogP contribution in [0.15, 0.2) is 18.3 Å². The van der Waals surface area contributed by atoms with Gasteiger partial charge in [0.25, 0.3) is 5.91 Å². The summed E-state index contributed by atoms with van der Waals surface area (Å²) in [5.74, 6) is 0.543. The second kappa shape index (κ2) is 8.14. The molecule has 2 aromatic rings. The highest BCUT2D eigenvalue weighted by Gasteiger charge is 2.41. The molecule has 2 N–H and O–H groups in total. The summed E-state index contributed by atoms with van der Waals surface area (Å²) < 4.78 is 6.27. The summed E-state index contributed by atoms with van der Waals surface area (Å²) in [5.41, 5.74) is 2.31. The van der Waals surface area contributed by atoms with Crippen LogP contribution in [0.4, 0.5) is 0 Å². The molecule has 5 heterocycles. The zero-order valence-corrected chi connectivity index (χ0v) is 17.5. The zero-order chi connectivity index (χ0) is 18.3. The van der Waals surface area contributed by atoms with Gasteiger partial charge in [-0.1, -0.05) is 0 Å². The number of aromatic nitrogens is 2. The van der Waals surface area contributed by atoms with Gasteiger partial charge in [-0.05, 0) is 62.9 Å². The Morgan fingerprint density at radius 3 is 3.00 bits per heavy atom. The summed E-state index contributed by atoms with van der Waals surface area (Å²) >= 11 is 1.68. The van der Waals surface area contributed by atoms with Gasteiger partial charge < -0.3 is 15.0 Å². The molecule has 5 rings (SSSR count). The van der Waals surface area contributed by atoms with E-state index in [1.165, 1.54) is 10.4 Å². The molecule has 8 heteroatoms. The van der Waals surface area contributed by atoms with Crippen LogP contribution in [0, 0.1) is 0 Å². The maximum atomic E-state index is 13.3. The number of carbonyl (C=O) groups is 1. The second-order valence-electron chi connectivity index (χ2n) is 7.91. The van der Waals surface area contributed by atoms with E-state index in [2.05, 4.69) is 21.6 Å². The maximum absolute atomic E-state index is 13.3. The van der Waals surface area contributed by atoms with Crippen LogP contribution < -0.4 is 5.32 Å². The van der Waals surface area contributed by atoms with Crippen molar-refractivity contribution in [1.82, 2.24) is 20.4 Å². The Hall–Kier alpha value is -1.41. The first-order valence-corrected chi connectivity index (χ1v) is 10.8. The molecule has 28 heavy (non-hydrogen) atoms. The molecule has 0 aliphatic carbocycles. The van der Waals surface area contributed by atoms with Gasteiger partial charge in [-0.15, -0.1) is 23.7 Å². The lowest BCUT2D eigenvalue weighted by atomic mass is 9.86. The molecular weight excluding hydrogens is 396 g/mol. The van der Waals surface area contributed by atoms with Crippen LogP contribution in [0.25, 0.3) is 0 Å². The zero-order valence-electron chi connectivity index (χ0n) is 15.9. The van der Waals surface area contributed by atoms with Gasteiger partial charge in [0.05, 0.1) is 11.5 Å². The molecule has 1 spiro atoms. The topological polar surface area (TPSA) is 70.2 Å². The van der Waals surface area contributed by atoms with Crippen LogP contribution in [0.1, 0.15) is 57.4 Å². The van der Waals surface area contributed by atoms with Crippen LogP contribution in [0.3, 0.4) is 0 Å². The first-order valence-electron chi connectivity index (χ1n) is 10.0. The molecule has 2 aromatic heterocycles. The number of rotatable bonds is 2. The number of fused-ring (bicyclic) bond motifs is 2. The molecule has 2 fully saturated rings. The molecule has 1 unspecified atom stereocenters. The van der Waals surface area contributed by atoms with Crippen molar-refractivity contribution < 1.29 is 9.53 Å². The van der Waals surface area contributed by atoms with Crippen LogP contribution in [-0.2, 0) is 16.8 Å². The normalized spacial score (nSPS) is 23.9. The number of likely N-dealkylation sites (tertiary alicyclic amines) is 1. The SMILES string of the molecule is Cl.O=C(c1cc2c(s1)C1(CCNCC1)OCC2)N1CCCC(c2ccn[nH]2)C1. The van der Waals surface area contributed by atoms with Crippen LogP contribution in [-0.4, -0.2) is 53.8 Å². The molecule has 3 aliphatic heterocycles. The van der Waals surface area contributed by atoms with Gasteiger partial charge in [0.1, 0.15) is 5.60 Å². The molecule has 0 bridgehead atoms. The highest BCUT2D eigenvalue weighted by Crippen LogP contribution is 2.44. The largest absolute Gasteiger partial charge is 0.369 e. The third kappa shape index (κ3) is 3.49. The first-order chi connectivity index (χ1) is 13.3. The minimum atomic E-state index is -0.164. The van der Waals surface area contributed by atoms with Crippen molar-refractivity contribution in [3.8, 4) is 0 Å². The average Bonchev–Trinajstić information content (AvgIpc) is 3.39. The van der Waals surface area contributed by atoms with Gasteiger partial charge >= 0.3 is 0 Å². The van der Waals surface area contributed by atoms with E-state index in [0.717, 1.165) is 75.5 Å². The van der Waals surface area contributed by atoms with Crippen LogP contribution >= 0.6 is 23.7 Å². The molecule has 1 amide bonds. The fourth-order valence-electron chi connectivity index (χ4n) is 4.79. The smallest absolute Gasteiger partial charge is 0.263 e. The molecule has 0 radical (unpaired) electrons. The number of piperidine rings is 2. The van der Waals surface area contributed by atoms with E-state index in [0.29, 0.717) is 5.92 Å². The van der Waals surface area contributed by atoms with Crippen molar-refractivity contribution in [1.29, 1.82) is 0 Å². The number of hydrogen-bond donors (Lipinski definition) is 2. The van der Waals surface area contributed by atoms with Gasteiger partial charge in [0.15, 0.2) is 0 Å². The lowest BCUT2D eigenvalue weighted by Crippen LogP contribution is -2.44. The number of amides is 1. The Kier molecular flexibility index (Phi) is 5.78. The molecule has 152 valence electrons. The number of carbonyl (C=O) groups excluding carboxylic acids is 1. The number of aromatic amines is 1. The van der Waals surface area contributed by atoms with Gasteiger partial charge in [0, 0.05) is 35.8 Å². The van der Waals surface area contributed by atoms with E-state index in [1.807, 2.05) is 11.0 Å². The van der Waals surface area contributed by atoms with Crippen LogP contribution in [0.2, 0.25) is 0 Å². The lowest BCUT2D eigenvalue weighted by molar-refractivity contribution is -0.0771. The van der Waals surface area contributed by atoms with Crippen molar-refractivity contribution in [3.63, 3.8) is 0 Å². The molecule has 1 atom stereocenters. The van der Waals surface area contributed by atoms with Gasteiger partial charge in [-0.3, -0.25) is 9.89 Å². The van der Waals surface area contributed by atoms with E-state index in [-0.39, 0.29) is 23.9 Å². The molecule has 2 saturated heterocycles. The number of ether oxygens (including phenoxy) is 1. The second-order valence-corrected chi connectivity index (χ2v) is 8.96. The minimum Gasteiger partial charge on any atom is -0.369 e. The van der Waals surface area contributed by atoms with E-state index in [1.54, 1.807) is 17.5 Å². The van der Waals surface area contributed by atoms with Crippen molar-refractivity contribution in [2.45, 2.75) is 43.6 Å². The lowest BCUT2D eigenvalue weighted by Gasteiger charge is -2.40. The number of H-pyrrole nitrogens is 1. The summed E-state index contributed by atoms with van der Waals surface area (Å²) in [6.45, 7) is 4.35. The van der Waals surface area contributed by atoms with Gasteiger partial charge in [-0.25, -0.2) is 0 Å². The summed E-state index contributed by atoms with van der Waals surface area (Å²) in [7, 11) is 0. The summed E-state index contributed by atoms with van der Waals surface area (Å²) in [5, 5.41) is 10.6. The standard InChI is InChI=1S/C20H26N4O2S.ClH/c25-19(24-10-1-2-15(13-24)16-3-7-22-23-16)17-12-14-4-11-26-20(18(14)27-17)5-8-21-9-6-20;/h3,7,12,15,21H,1-2,4-6,8-11,13H2,(H,22,23);1H. The van der Waals surface area contributed by atoms with E-state index < -0.39 is 0 Å². The summed E-state index contributed by atoms with van der Waals surface area (Å²) in [6, 6.07) is 4.18. The molecule has 6 nitrogen and oxygen atoms in total. The summed E-state index contributed by atoms with van der Waals surface area (Å²) in [4.78, 5) is 17.5. The third-order valence-corrected chi connectivity index (χ3v) is 7.62. The Bertz CT molecular complexity index is 816. The quantitative estimate of drug-likeness (QED) is 0.780. The van der Waals surface area contributed by atoms with Gasteiger partial charge in [0.2, 0.25) is 0 Å². The number of nitrogens with zero attached hydrogens (tertiary/aromatic N) is 2. The van der Waals surface area contributed by atoms with Crippen LogP contribution in [0.5, 0.6) is 0 Å². The van der Waals surface area contributed by atoms with Crippen molar-refractivity contribution in [3.05, 3.63) is 39.3 Å². The van der Waals surface area contributed by atoms with Gasteiger partial charge in [-0.2, -0.15) is 5.10 Å². The Morgan fingerprint density at radius 1 is 1.36 bits per heavy atom. The molecule has 3 aliphatic rings. The molecular formula is C20H27ClN4O2S. The Balaban J connectivity index is 0.00000192. The number of nitrogens with one attached hydrogen (secondary N) is 2. The fourth-order valence-corrected chi connectivity index (χ4v) is 6.17. The van der Waals surface area contributed by atoms with Crippen molar-refractivity contribution >= 4 is 29.7 Å². The van der Waals surface area contributed by atoms with E-state index in [4.69, 9.17) is 4.74 Å². The first kappa shape index (κ1) is 19.9. The monoisotopic (exact) mass is 422 g/mol. The number of halogens is 1. The number of thiophene rings is 1. The predicted octanol–water partition coefficient (Wildman–Crippen LogP) is 3.06. The highest BCUT2D eigenvalue weighted by molar-refractivity contribution is 7.14. The van der Waals surface area contributed by atoms with E-state index >= 15 is 0 Å².